The number of halogens is 3. The third-order valence-electron chi connectivity index (χ3n) is 5.44. The van der Waals surface area contributed by atoms with Crippen molar-refractivity contribution in [2.45, 2.75) is 44.9 Å². The molecule has 0 atom stereocenters. The lowest BCUT2D eigenvalue weighted by Gasteiger charge is -2.28. The Morgan fingerprint density at radius 1 is 0.960 bits per heavy atom. The van der Waals surface area contributed by atoms with Crippen LogP contribution in [0.5, 0.6) is 5.75 Å². The van der Waals surface area contributed by atoms with E-state index in [4.69, 9.17) is 4.74 Å². The molecule has 134 valence electrons. The first-order valence-electron chi connectivity index (χ1n) is 8.87. The van der Waals surface area contributed by atoms with Gasteiger partial charge in [-0.15, -0.1) is 0 Å². The fourth-order valence-corrected chi connectivity index (χ4v) is 3.82. The van der Waals surface area contributed by atoms with Crippen LogP contribution in [0.3, 0.4) is 0 Å². The van der Waals surface area contributed by atoms with Crippen molar-refractivity contribution >= 4 is 0 Å². The van der Waals surface area contributed by atoms with Gasteiger partial charge in [-0.1, -0.05) is 31.5 Å². The first-order chi connectivity index (χ1) is 12.0. The number of methoxy groups -OCH3 is 1. The predicted octanol–water partition coefficient (Wildman–Crippen LogP) is 6.46. The molecule has 0 N–H and O–H groups in total. The summed E-state index contributed by atoms with van der Waals surface area (Å²) in [5, 5.41) is 0. The van der Waals surface area contributed by atoms with Crippen LogP contribution in [-0.2, 0) is 0 Å². The normalized spacial score (nSPS) is 20.5. The van der Waals surface area contributed by atoms with E-state index in [0.717, 1.165) is 32.1 Å². The summed E-state index contributed by atoms with van der Waals surface area (Å²) < 4.78 is 48.0. The fraction of sp³-hybridized carbons (Fsp3) is 0.429. The van der Waals surface area contributed by atoms with Crippen LogP contribution in [0.1, 0.15) is 50.5 Å². The van der Waals surface area contributed by atoms with Crippen molar-refractivity contribution in [2.24, 2.45) is 5.92 Å². The Morgan fingerprint density at radius 3 is 2.28 bits per heavy atom. The molecule has 1 saturated carbocycles. The number of rotatable bonds is 4. The molecule has 1 aliphatic rings. The zero-order chi connectivity index (χ0) is 18.0. The zero-order valence-electron chi connectivity index (χ0n) is 14.6. The Labute approximate surface area is 146 Å². The molecular weight excluding hydrogens is 325 g/mol. The molecule has 1 nitrogen and oxygen atoms in total. The van der Waals surface area contributed by atoms with E-state index in [1.165, 1.54) is 25.3 Å². The van der Waals surface area contributed by atoms with Gasteiger partial charge in [0.2, 0.25) is 0 Å². The van der Waals surface area contributed by atoms with Crippen LogP contribution in [0.15, 0.2) is 30.3 Å². The lowest BCUT2D eigenvalue weighted by atomic mass is 9.77. The fourth-order valence-electron chi connectivity index (χ4n) is 3.82. The highest BCUT2D eigenvalue weighted by atomic mass is 19.2. The molecule has 0 radical (unpaired) electrons. The van der Waals surface area contributed by atoms with Gasteiger partial charge in [0.1, 0.15) is 0 Å². The number of benzene rings is 2. The summed E-state index contributed by atoms with van der Waals surface area (Å²) in [7, 11) is 1.36. The number of ether oxygens (including phenoxy) is 1. The van der Waals surface area contributed by atoms with Gasteiger partial charge in [0.15, 0.2) is 23.2 Å². The van der Waals surface area contributed by atoms with E-state index in [1.807, 2.05) is 0 Å². The zero-order valence-corrected chi connectivity index (χ0v) is 14.6. The highest BCUT2D eigenvalue weighted by Gasteiger charge is 2.26. The Kier molecular flexibility index (Phi) is 5.36. The van der Waals surface area contributed by atoms with Gasteiger partial charge in [-0.05, 0) is 60.8 Å². The van der Waals surface area contributed by atoms with E-state index in [0.29, 0.717) is 17.0 Å². The van der Waals surface area contributed by atoms with E-state index >= 15 is 0 Å². The van der Waals surface area contributed by atoms with Crippen LogP contribution in [0.2, 0.25) is 0 Å². The SMILES string of the molecule is CCC1CCC(c2ccc(-c3ccc(OC)c(F)c3)c(F)c2F)CC1. The molecule has 2 aromatic carbocycles. The van der Waals surface area contributed by atoms with Gasteiger partial charge in [0, 0.05) is 5.56 Å². The topological polar surface area (TPSA) is 9.23 Å². The smallest absolute Gasteiger partial charge is 0.166 e. The summed E-state index contributed by atoms with van der Waals surface area (Å²) in [5.41, 5.74) is 0.825. The summed E-state index contributed by atoms with van der Waals surface area (Å²) in [6.07, 6.45) is 5.06. The molecule has 4 heteroatoms. The molecule has 0 saturated heterocycles. The summed E-state index contributed by atoms with van der Waals surface area (Å²) in [5.74, 6) is -1.45. The van der Waals surface area contributed by atoms with Gasteiger partial charge in [-0.25, -0.2) is 13.2 Å². The van der Waals surface area contributed by atoms with Crippen molar-refractivity contribution in [3.05, 3.63) is 53.3 Å². The average molecular weight is 348 g/mol. The summed E-state index contributed by atoms with van der Waals surface area (Å²) in [6.45, 7) is 2.17. The van der Waals surface area contributed by atoms with E-state index in [9.17, 15) is 13.2 Å². The van der Waals surface area contributed by atoms with E-state index in [1.54, 1.807) is 12.1 Å². The molecule has 0 heterocycles. The van der Waals surface area contributed by atoms with Crippen LogP contribution >= 0.6 is 0 Å². The third kappa shape index (κ3) is 3.53. The molecular formula is C21H23F3O. The Bertz CT molecular complexity index is 749. The Hall–Kier alpha value is -1.97. The Morgan fingerprint density at radius 2 is 1.68 bits per heavy atom. The van der Waals surface area contributed by atoms with Gasteiger partial charge in [-0.3, -0.25) is 0 Å². The van der Waals surface area contributed by atoms with Gasteiger partial charge in [0.05, 0.1) is 7.11 Å². The quantitative estimate of drug-likeness (QED) is 0.616. The third-order valence-corrected chi connectivity index (χ3v) is 5.44. The molecule has 25 heavy (non-hydrogen) atoms. The van der Waals surface area contributed by atoms with Crippen molar-refractivity contribution in [2.75, 3.05) is 7.11 Å². The Balaban J connectivity index is 1.89. The molecule has 0 unspecified atom stereocenters. The largest absolute Gasteiger partial charge is 0.494 e. The standard InChI is InChI=1S/C21H23F3O/c1-3-13-4-6-14(7-5-13)16-9-10-17(21(24)20(16)23)15-8-11-19(25-2)18(22)12-15/h8-14H,3-7H2,1-2H3. The second-order valence-electron chi connectivity index (χ2n) is 6.81. The van der Waals surface area contributed by atoms with Gasteiger partial charge >= 0.3 is 0 Å². The van der Waals surface area contributed by atoms with Crippen LogP contribution in [0, 0.1) is 23.4 Å². The molecule has 0 aliphatic heterocycles. The van der Waals surface area contributed by atoms with Gasteiger partial charge in [0.25, 0.3) is 0 Å². The molecule has 0 bridgehead atoms. The lowest BCUT2D eigenvalue weighted by molar-refractivity contribution is 0.312. The summed E-state index contributed by atoms with van der Waals surface area (Å²) >= 11 is 0. The van der Waals surface area contributed by atoms with Crippen molar-refractivity contribution in [1.29, 1.82) is 0 Å². The van der Waals surface area contributed by atoms with Crippen molar-refractivity contribution in [3.8, 4) is 16.9 Å². The van der Waals surface area contributed by atoms with Crippen LogP contribution < -0.4 is 4.74 Å². The first-order valence-corrected chi connectivity index (χ1v) is 8.87. The maximum Gasteiger partial charge on any atom is 0.166 e. The predicted molar refractivity (Wildman–Crippen MR) is 93.3 cm³/mol. The van der Waals surface area contributed by atoms with Crippen molar-refractivity contribution in [3.63, 3.8) is 0 Å². The highest BCUT2D eigenvalue weighted by Crippen LogP contribution is 2.39. The molecule has 3 rings (SSSR count). The van der Waals surface area contributed by atoms with Crippen LogP contribution in [0.25, 0.3) is 11.1 Å². The minimum Gasteiger partial charge on any atom is -0.494 e. The number of hydrogen-bond donors (Lipinski definition) is 0. The molecule has 2 aromatic rings. The first kappa shape index (κ1) is 17.8. The summed E-state index contributed by atoms with van der Waals surface area (Å²) in [4.78, 5) is 0. The highest BCUT2D eigenvalue weighted by molar-refractivity contribution is 5.66. The lowest BCUT2D eigenvalue weighted by Crippen LogP contribution is -2.14. The number of hydrogen-bond acceptors (Lipinski definition) is 1. The van der Waals surface area contributed by atoms with Crippen molar-refractivity contribution < 1.29 is 17.9 Å². The molecule has 0 amide bonds. The van der Waals surface area contributed by atoms with Gasteiger partial charge in [-0.2, -0.15) is 0 Å². The molecule has 1 fully saturated rings. The van der Waals surface area contributed by atoms with E-state index in [-0.39, 0.29) is 17.2 Å². The minimum absolute atomic E-state index is 0.0685. The molecule has 0 aromatic heterocycles. The average Bonchev–Trinajstić information content (AvgIpc) is 2.64. The monoisotopic (exact) mass is 348 g/mol. The van der Waals surface area contributed by atoms with E-state index in [2.05, 4.69) is 6.92 Å². The van der Waals surface area contributed by atoms with Crippen LogP contribution in [-0.4, -0.2) is 7.11 Å². The van der Waals surface area contributed by atoms with Crippen molar-refractivity contribution in [1.82, 2.24) is 0 Å². The molecule has 0 spiro atoms. The van der Waals surface area contributed by atoms with Gasteiger partial charge < -0.3 is 4.74 Å². The maximum absolute atomic E-state index is 14.7. The summed E-state index contributed by atoms with van der Waals surface area (Å²) in [6, 6.07) is 7.34. The van der Waals surface area contributed by atoms with E-state index < -0.39 is 17.5 Å². The second kappa shape index (κ2) is 7.51. The van der Waals surface area contributed by atoms with Crippen LogP contribution in [0.4, 0.5) is 13.2 Å². The maximum atomic E-state index is 14.7. The minimum atomic E-state index is -0.903. The second-order valence-corrected chi connectivity index (χ2v) is 6.81. The molecule has 1 aliphatic carbocycles.